The van der Waals surface area contributed by atoms with Gasteiger partial charge in [-0.2, -0.15) is 0 Å². The van der Waals surface area contributed by atoms with Crippen molar-refractivity contribution in [2.24, 2.45) is 23.5 Å². The van der Waals surface area contributed by atoms with Gasteiger partial charge in [0.2, 0.25) is 5.91 Å². The number of rotatable bonds is 8. The van der Waals surface area contributed by atoms with Crippen molar-refractivity contribution >= 4 is 5.91 Å². The first-order chi connectivity index (χ1) is 8.27. The summed E-state index contributed by atoms with van der Waals surface area (Å²) < 4.78 is 0. The Hall–Kier alpha value is -0.570. The second-order valence-electron chi connectivity index (χ2n) is 6.42. The second-order valence-corrected chi connectivity index (χ2v) is 6.42. The summed E-state index contributed by atoms with van der Waals surface area (Å²) in [6, 6.07) is 0.315. The van der Waals surface area contributed by atoms with Crippen molar-refractivity contribution in [2.45, 2.75) is 59.9 Å². The van der Waals surface area contributed by atoms with Crippen molar-refractivity contribution in [3.8, 4) is 0 Å². The number of nitrogens with two attached hydrogens (primary N) is 1. The molecule has 0 aromatic rings. The first-order valence-electron chi connectivity index (χ1n) is 7.23. The minimum absolute atomic E-state index is 0.235. The van der Waals surface area contributed by atoms with Gasteiger partial charge in [0.25, 0.3) is 0 Å². The molecule has 18 heavy (non-hydrogen) atoms. The van der Waals surface area contributed by atoms with Gasteiger partial charge in [-0.05, 0) is 44.1 Å². The number of amides is 1. The lowest BCUT2D eigenvalue weighted by atomic mass is 9.93. The molecule has 2 atom stereocenters. The molecular weight excluding hydrogens is 224 g/mol. The summed E-state index contributed by atoms with van der Waals surface area (Å²) in [6.45, 7) is 11.5. The molecule has 0 radical (unpaired) electrons. The largest absolute Gasteiger partial charge is 0.343 e. The highest BCUT2D eigenvalue weighted by atomic mass is 16.2. The summed E-state index contributed by atoms with van der Waals surface area (Å²) in [7, 11) is 1.92. The van der Waals surface area contributed by atoms with Crippen LogP contribution in [0.2, 0.25) is 0 Å². The van der Waals surface area contributed by atoms with Gasteiger partial charge in [-0.25, -0.2) is 0 Å². The van der Waals surface area contributed by atoms with Crippen LogP contribution in [0.25, 0.3) is 0 Å². The molecule has 2 N–H and O–H groups in total. The van der Waals surface area contributed by atoms with Crippen molar-refractivity contribution < 1.29 is 4.79 Å². The van der Waals surface area contributed by atoms with Gasteiger partial charge in [0.05, 0.1) is 0 Å². The molecule has 0 aliphatic heterocycles. The Kier molecular flexibility index (Phi) is 8.25. The third-order valence-corrected chi connectivity index (χ3v) is 3.47. The second kappa shape index (κ2) is 8.52. The van der Waals surface area contributed by atoms with Crippen molar-refractivity contribution in [1.29, 1.82) is 0 Å². The molecule has 0 rings (SSSR count). The predicted octanol–water partition coefficient (Wildman–Crippen LogP) is 2.89. The van der Waals surface area contributed by atoms with Crippen LogP contribution in [0, 0.1) is 17.8 Å². The first kappa shape index (κ1) is 17.4. The molecule has 2 unspecified atom stereocenters. The van der Waals surface area contributed by atoms with Crippen LogP contribution in [0.4, 0.5) is 0 Å². The Morgan fingerprint density at radius 2 is 1.56 bits per heavy atom. The Bertz CT molecular complexity index is 239. The van der Waals surface area contributed by atoms with E-state index in [9.17, 15) is 4.79 Å². The van der Waals surface area contributed by atoms with E-state index in [1.807, 2.05) is 11.9 Å². The molecule has 0 aliphatic rings. The average Bonchev–Trinajstić information content (AvgIpc) is 2.25. The van der Waals surface area contributed by atoms with E-state index in [2.05, 4.69) is 34.6 Å². The van der Waals surface area contributed by atoms with Crippen LogP contribution < -0.4 is 5.73 Å². The molecule has 0 bridgehead atoms. The molecule has 0 aromatic carbocycles. The maximum Gasteiger partial charge on any atom is 0.222 e. The highest BCUT2D eigenvalue weighted by Gasteiger charge is 2.20. The van der Waals surface area contributed by atoms with Crippen LogP contribution in [-0.2, 0) is 4.79 Å². The van der Waals surface area contributed by atoms with Gasteiger partial charge in [0, 0.05) is 19.5 Å². The van der Waals surface area contributed by atoms with Crippen LogP contribution in [-0.4, -0.2) is 30.4 Å². The maximum atomic E-state index is 12.2. The molecule has 0 saturated carbocycles. The monoisotopic (exact) mass is 256 g/mol. The van der Waals surface area contributed by atoms with Crippen LogP contribution in [0.3, 0.4) is 0 Å². The fourth-order valence-electron chi connectivity index (χ4n) is 2.41. The molecule has 3 nitrogen and oxygen atoms in total. The number of nitrogens with zero attached hydrogens (tertiary/aromatic N) is 1. The van der Waals surface area contributed by atoms with Gasteiger partial charge in [-0.3, -0.25) is 4.79 Å². The molecule has 1 amide bonds. The number of hydrogen-bond acceptors (Lipinski definition) is 2. The van der Waals surface area contributed by atoms with Crippen molar-refractivity contribution in [3.05, 3.63) is 0 Å². The van der Waals surface area contributed by atoms with Crippen LogP contribution in [0.1, 0.15) is 53.9 Å². The normalized spacial score (nSPS) is 14.9. The van der Waals surface area contributed by atoms with Crippen molar-refractivity contribution in [3.63, 3.8) is 0 Å². The first-order valence-corrected chi connectivity index (χ1v) is 7.23. The molecule has 0 aliphatic carbocycles. The minimum Gasteiger partial charge on any atom is -0.343 e. The van der Waals surface area contributed by atoms with E-state index in [4.69, 9.17) is 5.73 Å². The lowest BCUT2D eigenvalue weighted by molar-refractivity contribution is -0.133. The summed E-state index contributed by atoms with van der Waals surface area (Å²) in [5.41, 5.74) is 5.76. The standard InChI is InChI=1S/C15H32N2O/c1-11(2)7-13(5)17(6)15(18)9-14(10-16)8-12(3)4/h11-14H,7-10,16H2,1-6H3. The Labute approximate surface area is 113 Å². The Morgan fingerprint density at radius 1 is 1.06 bits per heavy atom. The zero-order valence-electron chi connectivity index (χ0n) is 13.1. The minimum atomic E-state index is 0.235. The Morgan fingerprint density at radius 3 is 1.94 bits per heavy atom. The molecule has 0 fully saturated rings. The van der Waals surface area contributed by atoms with Crippen molar-refractivity contribution in [1.82, 2.24) is 4.90 Å². The lowest BCUT2D eigenvalue weighted by Gasteiger charge is -2.28. The summed E-state index contributed by atoms with van der Waals surface area (Å²) in [5.74, 6) is 1.78. The van der Waals surface area contributed by atoms with Gasteiger partial charge in [-0.15, -0.1) is 0 Å². The third kappa shape index (κ3) is 7.00. The van der Waals surface area contributed by atoms with E-state index < -0.39 is 0 Å². The number of carbonyl (C=O) groups is 1. The van der Waals surface area contributed by atoms with E-state index in [1.165, 1.54) is 0 Å². The summed E-state index contributed by atoms with van der Waals surface area (Å²) in [5, 5.41) is 0. The molecule has 0 heterocycles. The molecule has 0 aromatic heterocycles. The molecule has 0 spiro atoms. The van der Waals surface area contributed by atoms with E-state index in [-0.39, 0.29) is 5.91 Å². The van der Waals surface area contributed by atoms with E-state index in [1.54, 1.807) is 0 Å². The molecule has 108 valence electrons. The highest BCUT2D eigenvalue weighted by molar-refractivity contribution is 5.76. The van der Waals surface area contributed by atoms with Gasteiger partial charge >= 0.3 is 0 Å². The number of hydrogen-bond donors (Lipinski definition) is 1. The molecule has 3 heteroatoms. The number of carbonyl (C=O) groups excluding carboxylic acids is 1. The SMILES string of the molecule is CC(C)CC(CN)CC(=O)N(C)C(C)CC(C)C. The zero-order valence-corrected chi connectivity index (χ0v) is 13.1. The lowest BCUT2D eigenvalue weighted by Crippen LogP contribution is -2.37. The predicted molar refractivity (Wildman–Crippen MR) is 78.3 cm³/mol. The van der Waals surface area contributed by atoms with E-state index in [0.717, 1.165) is 12.8 Å². The summed E-state index contributed by atoms with van der Waals surface area (Å²) >= 11 is 0. The van der Waals surface area contributed by atoms with Crippen LogP contribution in [0.15, 0.2) is 0 Å². The van der Waals surface area contributed by atoms with Gasteiger partial charge in [-0.1, -0.05) is 27.7 Å². The van der Waals surface area contributed by atoms with Crippen LogP contribution >= 0.6 is 0 Å². The van der Waals surface area contributed by atoms with Gasteiger partial charge in [0.1, 0.15) is 0 Å². The van der Waals surface area contributed by atoms with E-state index >= 15 is 0 Å². The zero-order chi connectivity index (χ0) is 14.3. The summed E-state index contributed by atoms with van der Waals surface area (Å²) in [4.78, 5) is 14.1. The van der Waals surface area contributed by atoms with Gasteiger partial charge < -0.3 is 10.6 Å². The topological polar surface area (TPSA) is 46.3 Å². The van der Waals surface area contributed by atoms with Crippen LogP contribution in [0.5, 0.6) is 0 Å². The quantitative estimate of drug-likeness (QED) is 0.726. The van der Waals surface area contributed by atoms with Crippen molar-refractivity contribution in [2.75, 3.05) is 13.6 Å². The summed E-state index contributed by atoms with van der Waals surface area (Å²) in [6.07, 6.45) is 2.68. The Balaban J connectivity index is 4.28. The maximum absolute atomic E-state index is 12.2. The third-order valence-electron chi connectivity index (χ3n) is 3.47. The van der Waals surface area contributed by atoms with E-state index in [0.29, 0.717) is 36.8 Å². The fraction of sp³-hybridized carbons (Fsp3) is 0.933. The highest BCUT2D eigenvalue weighted by Crippen LogP contribution is 2.17. The molecular formula is C15H32N2O. The fourth-order valence-corrected chi connectivity index (χ4v) is 2.41. The smallest absolute Gasteiger partial charge is 0.222 e. The average molecular weight is 256 g/mol. The molecule has 0 saturated heterocycles. The van der Waals surface area contributed by atoms with Gasteiger partial charge in [0.15, 0.2) is 0 Å².